The number of carbonyl (C=O) groups excluding carboxylic acids is 1. The highest BCUT2D eigenvalue weighted by Crippen LogP contribution is 2.32. The summed E-state index contributed by atoms with van der Waals surface area (Å²) in [6, 6.07) is 13.4. The standard InChI is InChI=1S/C21H26N2O4/c1-4-18(16-7-9-17(25-3)10-8-16)22-21(24)23(5-2)13-15-6-11-19-20(12-15)27-14-26-19/h6-12,18H,4-5,13-14H2,1-3H3,(H,22,24). The highest BCUT2D eigenvalue weighted by Gasteiger charge is 2.19. The van der Waals surface area contributed by atoms with E-state index < -0.39 is 0 Å². The van der Waals surface area contributed by atoms with Crippen LogP contribution in [0.5, 0.6) is 17.2 Å². The molecule has 1 aliphatic heterocycles. The Hall–Kier alpha value is -2.89. The molecule has 0 saturated carbocycles. The molecule has 1 heterocycles. The van der Waals surface area contributed by atoms with E-state index in [1.165, 1.54) is 0 Å². The van der Waals surface area contributed by atoms with E-state index in [1.807, 2.05) is 49.4 Å². The van der Waals surface area contributed by atoms with Gasteiger partial charge >= 0.3 is 6.03 Å². The van der Waals surface area contributed by atoms with Crippen LogP contribution in [0, 0.1) is 0 Å². The van der Waals surface area contributed by atoms with Gasteiger partial charge in [-0.25, -0.2) is 4.79 Å². The van der Waals surface area contributed by atoms with Gasteiger partial charge in [0, 0.05) is 13.1 Å². The van der Waals surface area contributed by atoms with Gasteiger partial charge in [-0.3, -0.25) is 0 Å². The molecule has 1 unspecified atom stereocenters. The lowest BCUT2D eigenvalue weighted by Gasteiger charge is -2.25. The maximum absolute atomic E-state index is 12.8. The molecule has 1 N–H and O–H groups in total. The Morgan fingerprint density at radius 1 is 1.15 bits per heavy atom. The summed E-state index contributed by atoms with van der Waals surface area (Å²) in [7, 11) is 1.64. The highest BCUT2D eigenvalue weighted by molar-refractivity contribution is 5.74. The second-order valence-corrected chi connectivity index (χ2v) is 6.39. The maximum Gasteiger partial charge on any atom is 0.318 e. The average Bonchev–Trinajstić information content (AvgIpc) is 3.18. The van der Waals surface area contributed by atoms with Crippen LogP contribution in [0.3, 0.4) is 0 Å². The smallest absolute Gasteiger partial charge is 0.318 e. The molecule has 0 fully saturated rings. The van der Waals surface area contributed by atoms with Crippen LogP contribution in [-0.4, -0.2) is 31.4 Å². The summed E-state index contributed by atoms with van der Waals surface area (Å²) < 4.78 is 16.0. The molecule has 27 heavy (non-hydrogen) atoms. The van der Waals surface area contributed by atoms with Crippen molar-refractivity contribution in [1.82, 2.24) is 10.2 Å². The first kappa shape index (κ1) is 18.9. The number of nitrogens with one attached hydrogen (secondary N) is 1. The van der Waals surface area contributed by atoms with Gasteiger partial charge in [0.1, 0.15) is 5.75 Å². The largest absolute Gasteiger partial charge is 0.497 e. The van der Waals surface area contributed by atoms with Gasteiger partial charge in [-0.2, -0.15) is 0 Å². The van der Waals surface area contributed by atoms with Crippen molar-refractivity contribution in [3.8, 4) is 17.2 Å². The number of benzene rings is 2. The molecule has 2 aromatic rings. The van der Waals surface area contributed by atoms with Gasteiger partial charge in [0.05, 0.1) is 13.2 Å². The fourth-order valence-corrected chi connectivity index (χ4v) is 3.08. The van der Waals surface area contributed by atoms with E-state index >= 15 is 0 Å². The Balaban J connectivity index is 1.66. The Morgan fingerprint density at radius 2 is 1.89 bits per heavy atom. The predicted molar refractivity (Wildman–Crippen MR) is 103 cm³/mol. The molecule has 0 radical (unpaired) electrons. The summed E-state index contributed by atoms with van der Waals surface area (Å²) >= 11 is 0. The van der Waals surface area contributed by atoms with E-state index in [0.29, 0.717) is 13.1 Å². The third kappa shape index (κ3) is 4.45. The first-order valence-corrected chi connectivity index (χ1v) is 9.22. The van der Waals surface area contributed by atoms with Crippen molar-refractivity contribution in [2.45, 2.75) is 32.9 Å². The number of urea groups is 1. The number of nitrogens with zero attached hydrogens (tertiary/aromatic N) is 1. The molecule has 0 saturated heterocycles. The Labute approximate surface area is 160 Å². The van der Waals surface area contributed by atoms with Crippen LogP contribution in [0.2, 0.25) is 0 Å². The summed E-state index contributed by atoms with van der Waals surface area (Å²) in [5.41, 5.74) is 2.07. The van der Waals surface area contributed by atoms with Crippen LogP contribution >= 0.6 is 0 Å². The zero-order valence-electron chi connectivity index (χ0n) is 16.0. The zero-order valence-corrected chi connectivity index (χ0v) is 16.0. The molecule has 0 bridgehead atoms. The Morgan fingerprint density at radius 3 is 2.56 bits per heavy atom. The average molecular weight is 370 g/mol. The molecule has 6 heteroatoms. The van der Waals surface area contributed by atoms with Gasteiger partial charge in [0.25, 0.3) is 0 Å². The van der Waals surface area contributed by atoms with E-state index in [0.717, 1.165) is 34.8 Å². The number of fused-ring (bicyclic) bond motifs is 1. The van der Waals surface area contributed by atoms with Crippen LogP contribution in [0.1, 0.15) is 37.4 Å². The van der Waals surface area contributed by atoms with Crippen molar-refractivity contribution in [3.63, 3.8) is 0 Å². The fourth-order valence-electron chi connectivity index (χ4n) is 3.08. The lowest BCUT2D eigenvalue weighted by Crippen LogP contribution is -2.41. The van der Waals surface area contributed by atoms with Crippen molar-refractivity contribution in [1.29, 1.82) is 0 Å². The quantitative estimate of drug-likeness (QED) is 0.797. The van der Waals surface area contributed by atoms with Gasteiger partial charge in [-0.15, -0.1) is 0 Å². The summed E-state index contributed by atoms with van der Waals surface area (Å²) in [5, 5.41) is 3.13. The van der Waals surface area contributed by atoms with Crippen molar-refractivity contribution < 1.29 is 19.0 Å². The van der Waals surface area contributed by atoms with Crippen LogP contribution < -0.4 is 19.5 Å². The van der Waals surface area contributed by atoms with E-state index in [-0.39, 0.29) is 18.9 Å². The normalized spacial score (nSPS) is 13.1. The van der Waals surface area contributed by atoms with Crippen LogP contribution in [0.4, 0.5) is 4.79 Å². The Kier molecular flexibility index (Phi) is 6.06. The summed E-state index contributed by atoms with van der Waals surface area (Å²) in [6.45, 7) is 5.40. The number of rotatable bonds is 7. The number of hydrogen-bond acceptors (Lipinski definition) is 4. The molecule has 144 valence electrons. The predicted octanol–water partition coefficient (Wildman–Crippen LogP) is 4.11. The first-order valence-electron chi connectivity index (χ1n) is 9.22. The van der Waals surface area contributed by atoms with Crippen LogP contribution in [0.25, 0.3) is 0 Å². The van der Waals surface area contributed by atoms with Crippen molar-refractivity contribution >= 4 is 6.03 Å². The molecule has 0 aromatic heterocycles. The van der Waals surface area contributed by atoms with Gasteiger partial charge in [-0.05, 0) is 48.7 Å². The van der Waals surface area contributed by atoms with Crippen LogP contribution in [0.15, 0.2) is 42.5 Å². The number of ether oxygens (including phenoxy) is 3. The minimum atomic E-state index is -0.0853. The molecular formula is C21H26N2O4. The second kappa shape index (κ2) is 8.66. The van der Waals surface area contributed by atoms with Gasteiger partial charge < -0.3 is 24.4 Å². The van der Waals surface area contributed by atoms with Crippen molar-refractivity contribution in [2.75, 3.05) is 20.4 Å². The first-order chi connectivity index (χ1) is 13.1. The fraction of sp³-hybridized carbons (Fsp3) is 0.381. The second-order valence-electron chi connectivity index (χ2n) is 6.39. The lowest BCUT2D eigenvalue weighted by molar-refractivity contribution is 0.173. The summed E-state index contributed by atoms with van der Waals surface area (Å²) in [4.78, 5) is 14.6. The van der Waals surface area contributed by atoms with Gasteiger partial charge in [0.2, 0.25) is 6.79 Å². The SMILES string of the molecule is CCC(NC(=O)N(CC)Cc1ccc2c(c1)OCO2)c1ccc(OC)cc1. The monoisotopic (exact) mass is 370 g/mol. The topological polar surface area (TPSA) is 60.0 Å². The van der Waals surface area contributed by atoms with E-state index in [4.69, 9.17) is 14.2 Å². The number of amides is 2. The zero-order chi connectivity index (χ0) is 19.2. The summed E-state index contributed by atoms with van der Waals surface area (Å²) in [6.07, 6.45) is 0.805. The molecule has 2 amide bonds. The number of methoxy groups -OCH3 is 1. The minimum absolute atomic E-state index is 0.0470. The minimum Gasteiger partial charge on any atom is -0.497 e. The molecule has 1 atom stereocenters. The molecule has 6 nitrogen and oxygen atoms in total. The highest BCUT2D eigenvalue weighted by atomic mass is 16.7. The van der Waals surface area contributed by atoms with E-state index in [2.05, 4.69) is 12.2 Å². The van der Waals surface area contributed by atoms with E-state index in [1.54, 1.807) is 12.0 Å². The molecule has 2 aromatic carbocycles. The Bertz CT molecular complexity index is 776. The van der Waals surface area contributed by atoms with Crippen molar-refractivity contribution in [3.05, 3.63) is 53.6 Å². The maximum atomic E-state index is 12.8. The lowest BCUT2D eigenvalue weighted by atomic mass is 10.0. The van der Waals surface area contributed by atoms with Gasteiger partial charge in [0.15, 0.2) is 11.5 Å². The van der Waals surface area contributed by atoms with Gasteiger partial charge in [-0.1, -0.05) is 25.1 Å². The molecule has 1 aliphatic rings. The third-order valence-electron chi connectivity index (χ3n) is 4.70. The molecule has 0 spiro atoms. The number of carbonyl (C=O) groups is 1. The third-order valence-corrected chi connectivity index (χ3v) is 4.70. The van der Waals surface area contributed by atoms with Crippen LogP contribution in [-0.2, 0) is 6.54 Å². The molecule has 3 rings (SSSR count). The molecular weight excluding hydrogens is 344 g/mol. The van der Waals surface area contributed by atoms with Crippen molar-refractivity contribution in [2.24, 2.45) is 0 Å². The summed E-state index contributed by atoms with van der Waals surface area (Å²) in [5.74, 6) is 2.28. The van der Waals surface area contributed by atoms with E-state index in [9.17, 15) is 4.79 Å². The number of hydrogen-bond donors (Lipinski definition) is 1. The molecule has 0 aliphatic carbocycles.